The van der Waals surface area contributed by atoms with Gasteiger partial charge in [0.25, 0.3) is 5.91 Å². The van der Waals surface area contributed by atoms with E-state index in [1.165, 1.54) is 9.75 Å². The van der Waals surface area contributed by atoms with Crippen LogP contribution >= 0.6 is 27.3 Å². The van der Waals surface area contributed by atoms with E-state index in [9.17, 15) is 4.79 Å². The maximum Gasteiger partial charge on any atom is 0.252 e. The molecule has 3 nitrogen and oxygen atoms in total. The molecule has 0 bridgehead atoms. The maximum absolute atomic E-state index is 12.3. The third-order valence-electron chi connectivity index (χ3n) is 3.10. The summed E-state index contributed by atoms with van der Waals surface area (Å²) in [5, 5.41) is 3.03. The molecule has 1 aromatic heterocycles. The molecule has 1 amide bonds. The van der Waals surface area contributed by atoms with Gasteiger partial charge in [0.05, 0.1) is 12.7 Å². The lowest BCUT2D eigenvalue weighted by Gasteiger charge is -2.14. The van der Waals surface area contributed by atoms with Gasteiger partial charge in [-0.15, -0.1) is 11.3 Å². The zero-order valence-electron chi connectivity index (χ0n) is 12.3. The number of hydrogen-bond donors (Lipinski definition) is 1. The summed E-state index contributed by atoms with van der Waals surface area (Å²) in [6.07, 6.45) is 0.839. The fraction of sp³-hybridized carbons (Fsp3) is 0.312. The van der Waals surface area contributed by atoms with Crippen molar-refractivity contribution in [1.82, 2.24) is 5.32 Å². The van der Waals surface area contributed by atoms with Crippen LogP contribution in [0.1, 0.15) is 27.0 Å². The first-order valence-electron chi connectivity index (χ1n) is 6.69. The van der Waals surface area contributed by atoms with Crippen molar-refractivity contribution < 1.29 is 9.53 Å². The number of amides is 1. The largest absolute Gasteiger partial charge is 0.497 e. The highest BCUT2D eigenvalue weighted by molar-refractivity contribution is 9.10. The van der Waals surface area contributed by atoms with Crippen LogP contribution in [0.2, 0.25) is 0 Å². The van der Waals surface area contributed by atoms with Crippen molar-refractivity contribution in [2.75, 3.05) is 7.11 Å². The second kappa shape index (κ2) is 7.09. The molecule has 0 aliphatic heterocycles. The number of methoxy groups -OCH3 is 1. The van der Waals surface area contributed by atoms with Gasteiger partial charge in [-0.2, -0.15) is 0 Å². The Bertz CT molecular complexity index is 639. The van der Waals surface area contributed by atoms with Crippen LogP contribution in [0.4, 0.5) is 0 Å². The first kappa shape index (κ1) is 16.0. The number of nitrogens with one attached hydrogen (secondary N) is 1. The Morgan fingerprint density at radius 3 is 2.76 bits per heavy atom. The summed E-state index contributed by atoms with van der Waals surface area (Å²) >= 11 is 5.17. The predicted molar refractivity (Wildman–Crippen MR) is 90.4 cm³/mol. The van der Waals surface area contributed by atoms with Gasteiger partial charge in [-0.25, -0.2) is 0 Å². The monoisotopic (exact) mass is 367 g/mol. The van der Waals surface area contributed by atoms with Gasteiger partial charge in [0.15, 0.2) is 0 Å². The second-order valence-electron chi connectivity index (χ2n) is 4.94. The van der Waals surface area contributed by atoms with Crippen molar-refractivity contribution in [2.24, 2.45) is 0 Å². The third-order valence-corrected chi connectivity index (χ3v) is 4.81. The lowest BCUT2D eigenvalue weighted by Crippen LogP contribution is -2.34. The summed E-state index contributed by atoms with van der Waals surface area (Å²) in [5.41, 5.74) is 0.587. The van der Waals surface area contributed by atoms with Gasteiger partial charge in [0.1, 0.15) is 5.75 Å². The summed E-state index contributed by atoms with van der Waals surface area (Å²) in [5.74, 6) is 0.575. The molecule has 1 aromatic carbocycles. The van der Waals surface area contributed by atoms with Gasteiger partial charge in [-0.3, -0.25) is 4.79 Å². The number of rotatable bonds is 5. The SMILES string of the molecule is COc1ccc(Br)c(C(=O)NC(C)Cc2ccc(C)s2)c1. The number of benzene rings is 1. The van der Waals surface area contributed by atoms with Crippen molar-refractivity contribution in [3.8, 4) is 5.75 Å². The van der Waals surface area contributed by atoms with Crippen LogP contribution in [-0.4, -0.2) is 19.1 Å². The normalized spacial score (nSPS) is 12.0. The Morgan fingerprint density at radius 2 is 2.14 bits per heavy atom. The molecule has 0 spiro atoms. The highest BCUT2D eigenvalue weighted by Gasteiger charge is 2.14. The molecular weight excluding hydrogens is 350 g/mol. The van der Waals surface area contributed by atoms with E-state index in [-0.39, 0.29) is 11.9 Å². The first-order chi connectivity index (χ1) is 9.99. The third kappa shape index (κ3) is 4.32. The van der Waals surface area contributed by atoms with Crippen LogP contribution < -0.4 is 10.1 Å². The topological polar surface area (TPSA) is 38.3 Å². The molecule has 0 fully saturated rings. The summed E-state index contributed by atoms with van der Waals surface area (Å²) in [4.78, 5) is 14.9. The van der Waals surface area contributed by atoms with E-state index in [2.05, 4.69) is 40.3 Å². The van der Waals surface area contributed by atoms with Crippen molar-refractivity contribution in [1.29, 1.82) is 0 Å². The minimum Gasteiger partial charge on any atom is -0.497 e. The summed E-state index contributed by atoms with van der Waals surface area (Å²) < 4.78 is 5.93. The molecule has 0 saturated heterocycles. The smallest absolute Gasteiger partial charge is 0.252 e. The molecule has 5 heteroatoms. The molecule has 2 rings (SSSR count). The Balaban J connectivity index is 2.03. The molecule has 0 radical (unpaired) electrons. The molecule has 1 heterocycles. The molecule has 0 aliphatic rings. The summed E-state index contributed by atoms with van der Waals surface area (Å²) in [6.45, 7) is 4.10. The molecule has 112 valence electrons. The minimum absolute atomic E-state index is 0.0775. The van der Waals surface area contributed by atoms with Crippen LogP contribution in [0.5, 0.6) is 5.75 Å². The maximum atomic E-state index is 12.3. The number of carbonyl (C=O) groups excluding carboxylic acids is 1. The Labute approximate surface area is 137 Å². The molecular formula is C16H18BrNO2S. The van der Waals surface area contributed by atoms with Crippen LogP contribution in [-0.2, 0) is 6.42 Å². The van der Waals surface area contributed by atoms with E-state index in [0.29, 0.717) is 11.3 Å². The van der Waals surface area contributed by atoms with E-state index in [1.807, 2.05) is 19.1 Å². The zero-order chi connectivity index (χ0) is 15.4. The summed E-state index contributed by atoms with van der Waals surface area (Å²) in [6, 6.07) is 9.67. The fourth-order valence-electron chi connectivity index (χ4n) is 2.05. The molecule has 0 saturated carbocycles. The fourth-order valence-corrected chi connectivity index (χ4v) is 3.50. The molecule has 1 atom stereocenters. The number of aryl methyl sites for hydroxylation is 1. The Morgan fingerprint density at radius 1 is 1.38 bits per heavy atom. The van der Waals surface area contributed by atoms with Crippen molar-refractivity contribution in [3.05, 3.63) is 50.1 Å². The van der Waals surface area contributed by atoms with Crippen molar-refractivity contribution in [3.63, 3.8) is 0 Å². The van der Waals surface area contributed by atoms with E-state index in [4.69, 9.17) is 4.74 Å². The average Bonchev–Trinajstić information content (AvgIpc) is 2.84. The van der Waals surface area contributed by atoms with Gasteiger partial charge in [0.2, 0.25) is 0 Å². The first-order valence-corrected chi connectivity index (χ1v) is 8.30. The standard InChI is InChI=1S/C16H18BrNO2S/c1-10(8-13-6-4-11(2)21-13)18-16(19)14-9-12(20-3)5-7-15(14)17/h4-7,9-10H,8H2,1-3H3,(H,18,19). The van der Waals surface area contributed by atoms with Crippen LogP contribution in [0.25, 0.3) is 0 Å². The quantitative estimate of drug-likeness (QED) is 0.860. The zero-order valence-corrected chi connectivity index (χ0v) is 14.7. The Kier molecular flexibility index (Phi) is 5.42. The number of thiophene rings is 1. The molecule has 0 aliphatic carbocycles. The van der Waals surface area contributed by atoms with Crippen LogP contribution in [0, 0.1) is 6.92 Å². The lowest BCUT2D eigenvalue weighted by molar-refractivity contribution is 0.0939. The molecule has 1 N–H and O–H groups in total. The van der Waals surface area contributed by atoms with Crippen LogP contribution in [0.3, 0.4) is 0 Å². The van der Waals surface area contributed by atoms with Gasteiger partial charge in [-0.05, 0) is 60.1 Å². The number of carbonyl (C=O) groups is 1. The molecule has 21 heavy (non-hydrogen) atoms. The molecule has 2 aromatic rings. The van der Waals surface area contributed by atoms with Crippen molar-refractivity contribution in [2.45, 2.75) is 26.3 Å². The van der Waals surface area contributed by atoms with E-state index >= 15 is 0 Å². The highest BCUT2D eigenvalue weighted by atomic mass is 79.9. The average molecular weight is 368 g/mol. The lowest BCUT2D eigenvalue weighted by atomic mass is 10.1. The summed E-state index contributed by atoms with van der Waals surface area (Å²) in [7, 11) is 1.59. The number of halogens is 1. The van der Waals surface area contributed by atoms with Gasteiger partial charge in [0, 0.05) is 26.7 Å². The molecule has 1 unspecified atom stereocenters. The van der Waals surface area contributed by atoms with E-state index < -0.39 is 0 Å². The van der Waals surface area contributed by atoms with Gasteiger partial charge in [-0.1, -0.05) is 0 Å². The Hall–Kier alpha value is -1.33. The van der Waals surface area contributed by atoms with Gasteiger partial charge >= 0.3 is 0 Å². The van der Waals surface area contributed by atoms with E-state index in [0.717, 1.165) is 10.9 Å². The number of hydrogen-bond acceptors (Lipinski definition) is 3. The van der Waals surface area contributed by atoms with E-state index in [1.54, 1.807) is 24.5 Å². The predicted octanol–water partition coefficient (Wildman–Crippen LogP) is 4.19. The van der Waals surface area contributed by atoms with Crippen LogP contribution in [0.15, 0.2) is 34.8 Å². The highest BCUT2D eigenvalue weighted by Crippen LogP contribution is 2.23. The number of ether oxygens (including phenoxy) is 1. The second-order valence-corrected chi connectivity index (χ2v) is 7.16. The van der Waals surface area contributed by atoms with Crippen molar-refractivity contribution >= 4 is 33.2 Å². The van der Waals surface area contributed by atoms with Gasteiger partial charge < -0.3 is 10.1 Å². The minimum atomic E-state index is -0.0958.